The maximum Gasteiger partial charge on any atom is 0.235 e. The minimum absolute atomic E-state index is 0.115. The lowest BCUT2D eigenvalue weighted by molar-refractivity contribution is 0.361. The SMILES string of the molecule is COc1cccc(Oc2coc3cc(OCC=C(C)C)ccc3c2=O)c1. The first-order chi connectivity index (χ1) is 12.6. The van der Waals surface area contributed by atoms with Crippen molar-refractivity contribution in [2.24, 2.45) is 0 Å². The van der Waals surface area contributed by atoms with Crippen LogP contribution < -0.4 is 19.6 Å². The molecule has 0 unspecified atom stereocenters. The smallest absolute Gasteiger partial charge is 0.235 e. The third-order valence-electron chi connectivity index (χ3n) is 3.73. The van der Waals surface area contributed by atoms with Gasteiger partial charge in [0.05, 0.1) is 12.5 Å². The van der Waals surface area contributed by atoms with E-state index in [1.807, 2.05) is 19.9 Å². The quantitative estimate of drug-likeness (QED) is 0.588. The molecule has 0 aliphatic heterocycles. The molecule has 0 fully saturated rings. The predicted molar refractivity (Wildman–Crippen MR) is 100 cm³/mol. The third-order valence-corrected chi connectivity index (χ3v) is 3.73. The summed E-state index contributed by atoms with van der Waals surface area (Å²) < 4.78 is 22.0. The van der Waals surface area contributed by atoms with Gasteiger partial charge in [0.15, 0.2) is 0 Å². The molecule has 0 saturated heterocycles. The van der Waals surface area contributed by atoms with Gasteiger partial charge < -0.3 is 18.6 Å². The largest absolute Gasteiger partial charge is 0.497 e. The van der Waals surface area contributed by atoms with Crippen molar-refractivity contribution in [1.29, 1.82) is 0 Å². The minimum Gasteiger partial charge on any atom is -0.497 e. The highest BCUT2D eigenvalue weighted by molar-refractivity contribution is 5.79. The van der Waals surface area contributed by atoms with Crippen LogP contribution in [0.2, 0.25) is 0 Å². The summed E-state index contributed by atoms with van der Waals surface area (Å²) in [6.07, 6.45) is 3.29. The van der Waals surface area contributed by atoms with Crippen LogP contribution in [0.15, 0.2) is 69.6 Å². The van der Waals surface area contributed by atoms with Gasteiger partial charge in [0.25, 0.3) is 0 Å². The van der Waals surface area contributed by atoms with Gasteiger partial charge in [-0.25, -0.2) is 0 Å². The van der Waals surface area contributed by atoms with Crippen LogP contribution >= 0.6 is 0 Å². The van der Waals surface area contributed by atoms with Gasteiger partial charge in [0, 0.05) is 12.1 Å². The average Bonchev–Trinajstić information content (AvgIpc) is 2.64. The molecule has 26 heavy (non-hydrogen) atoms. The second-order valence-electron chi connectivity index (χ2n) is 5.96. The van der Waals surface area contributed by atoms with Crippen molar-refractivity contribution in [1.82, 2.24) is 0 Å². The lowest BCUT2D eigenvalue weighted by Crippen LogP contribution is -2.05. The number of ether oxygens (including phenoxy) is 3. The number of rotatable bonds is 6. The standard InChI is InChI=1S/C21H20O5/c1-14(2)9-10-24-16-7-8-18-19(12-16)25-13-20(21(18)22)26-17-6-4-5-15(11-17)23-3/h4-9,11-13H,10H2,1-3H3. The summed E-state index contributed by atoms with van der Waals surface area (Å²) in [4.78, 5) is 12.6. The highest BCUT2D eigenvalue weighted by Gasteiger charge is 2.10. The van der Waals surface area contributed by atoms with E-state index in [2.05, 4.69) is 0 Å². The summed E-state index contributed by atoms with van der Waals surface area (Å²) in [5, 5.41) is 0.431. The zero-order valence-electron chi connectivity index (χ0n) is 14.9. The Morgan fingerprint density at radius 2 is 1.88 bits per heavy atom. The van der Waals surface area contributed by atoms with Crippen molar-refractivity contribution in [2.45, 2.75) is 13.8 Å². The van der Waals surface area contributed by atoms with Gasteiger partial charge in [-0.05, 0) is 44.2 Å². The molecule has 0 aliphatic carbocycles. The van der Waals surface area contributed by atoms with Gasteiger partial charge >= 0.3 is 0 Å². The summed E-state index contributed by atoms with van der Waals surface area (Å²) in [5.74, 6) is 1.90. The average molecular weight is 352 g/mol. The Labute approximate surface area is 151 Å². The molecule has 3 aromatic rings. The Bertz CT molecular complexity index is 997. The summed E-state index contributed by atoms with van der Waals surface area (Å²) in [6.45, 7) is 4.48. The molecule has 134 valence electrons. The fourth-order valence-electron chi connectivity index (χ4n) is 2.35. The first kappa shape index (κ1) is 17.6. The van der Waals surface area contributed by atoms with Crippen molar-refractivity contribution < 1.29 is 18.6 Å². The monoisotopic (exact) mass is 352 g/mol. The normalized spacial score (nSPS) is 10.4. The van der Waals surface area contributed by atoms with E-state index in [1.165, 1.54) is 11.8 Å². The summed E-state index contributed by atoms with van der Waals surface area (Å²) in [6, 6.07) is 12.1. The topological polar surface area (TPSA) is 57.9 Å². The van der Waals surface area contributed by atoms with Crippen molar-refractivity contribution in [3.63, 3.8) is 0 Å². The molecule has 5 nitrogen and oxygen atoms in total. The van der Waals surface area contributed by atoms with Crippen LogP contribution in [-0.4, -0.2) is 13.7 Å². The second kappa shape index (κ2) is 7.78. The fourth-order valence-corrected chi connectivity index (χ4v) is 2.35. The van der Waals surface area contributed by atoms with E-state index < -0.39 is 0 Å². The molecule has 0 radical (unpaired) electrons. The maximum absolute atomic E-state index is 12.6. The van der Waals surface area contributed by atoms with E-state index in [0.29, 0.717) is 34.8 Å². The van der Waals surface area contributed by atoms with Gasteiger partial charge in [-0.1, -0.05) is 11.6 Å². The highest BCUT2D eigenvalue weighted by Crippen LogP contribution is 2.26. The van der Waals surface area contributed by atoms with Gasteiger partial charge in [-0.15, -0.1) is 0 Å². The molecule has 0 N–H and O–H groups in total. The molecule has 1 aromatic heterocycles. The van der Waals surface area contributed by atoms with Crippen LogP contribution in [0.4, 0.5) is 0 Å². The van der Waals surface area contributed by atoms with Crippen molar-refractivity contribution in [3.8, 4) is 23.0 Å². The van der Waals surface area contributed by atoms with E-state index in [9.17, 15) is 4.79 Å². The van der Waals surface area contributed by atoms with Gasteiger partial charge in [-0.2, -0.15) is 0 Å². The Balaban J connectivity index is 1.86. The van der Waals surface area contributed by atoms with Crippen molar-refractivity contribution in [3.05, 3.63) is 70.6 Å². The Kier molecular flexibility index (Phi) is 5.27. The zero-order valence-corrected chi connectivity index (χ0v) is 14.9. The summed E-state index contributed by atoms with van der Waals surface area (Å²) in [5.41, 5.74) is 1.38. The number of benzene rings is 2. The molecule has 0 atom stereocenters. The Hall–Kier alpha value is -3.21. The van der Waals surface area contributed by atoms with Crippen molar-refractivity contribution >= 4 is 11.0 Å². The summed E-state index contributed by atoms with van der Waals surface area (Å²) in [7, 11) is 1.57. The highest BCUT2D eigenvalue weighted by atomic mass is 16.5. The van der Waals surface area contributed by atoms with Gasteiger partial charge in [0.2, 0.25) is 11.2 Å². The molecular formula is C21H20O5. The lowest BCUT2D eigenvalue weighted by Gasteiger charge is -2.08. The van der Waals surface area contributed by atoms with Crippen molar-refractivity contribution in [2.75, 3.05) is 13.7 Å². The van der Waals surface area contributed by atoms with E-state index >= 15 is 0 Å². The molecule has 0 saturated carbocycles. The lowest BCUT2D eigenvalue weighted by atomic mass is 10.2. The Morgan fingerprint density at radius 1 is 1.08 bits per heavy atom. The third kappa shape index (κ3) is 4.06. The summed E-state index contributed by atoms with van der Waals surface area (Å²) >= 11 is 0. The van der Waals surface area contributed by atoms with Crippen LogP contribution in [0.1, 0.15) is 13.8 Å². The molecule has 0 aliphatic rings. The Morgan fingerprint density at radius 3 is 2.65 bits per heavy atom. The predicted octanol–water partition coefficient (Wildman–Crippen LogP) is 4.94. The fraction of sp³-hybridized carbons (Fsp3) is 0.190. The van der Waals surface area contributed by atoms with Gasteiger partial charge in [-0.3, -0.25) is 4.79 Å². The van der Waals surface area contributed by atoms with E-state index in [1.54, 1.807) is 49.6 Å². The molecule has 1 heterocycles. The molecule has 3 rings (SSSR count). The molecule has 2 aromatic carbocycles. The van der Waals surface area contributed by atoms with Crippen LogP contribution in [0, 0.1) is 0 Å². The van der Waals surface area contributed by atoms with E-state index in [-0.39, 0.29) is 11.2 Å². The number of fused-ring (bicyclic) bond motifs is 1. The van der Waals surface area contributed by atoms with Gasteiger partial charge in [0.1, 0.15) is 35.7 Å². The van der Waals surface area contributed by atoms with Crippen LogP contribution in [0.25, 0.3) is 11.0 Å². The second-order valence-corrected chi connectivity index (χ2v) is 5.96. The number of hydrogen-bond acceptors (Lipinski definition) is 5. The molecular weight excluding hydrogens is 332 g/mol. The first-order valence-electron chi connectivity index (χ1n) is 8.20. The number of hydrogen-bond donors (Lipinski definition) is 0. The number of methoxy groups -OCH3 is 1. The minimum atomic E-state index is -0.245. The van der Waals surface area contributed by atoms with Crippen LogP contribution in [0.3, 0.4) is 0 Å². The molecule has 5 heteroatoms. The van der Waals surface area contributed by atoms with E-state index in [4.69, 9.17) is 18.6 Å². The maximum atomic E-state index is 12.6. The van der Waals surface area contributed by atoms with Crippen LogP contribution in [-0.2, 0) is 0 Å². The first-order valence-corrected chi connectivity index (χ1v) is 8.20. The molecule has 0 bridgehead atoms. The number of allylic oxidation sites excluding steroid dienone is 1. The zero-order chi connectivity index (χ0) is 18.5. The van der Waals surface area contributed by atoms with Crippen LogP contribution in [0.5, 0.6) is 23.0 Å². The molecule has 0 amide bonds. The molecule has 0 spiro atoms. The van der Waals surface area contributed by atoms with E-state index in [0.717, 1.165) is 0 Å².